The number of nitrogens with two attached hydrogens (primary N) is 1. The van der Waals surface area contributed by atoms with E-state index in [9.17, 15) is 0 Å². The first-order chi connectivity index (χ1) is 5.77. The summed E-state index contributed by atoms with van der Waals surface area (Å²) < 4.78 is 4.84. The summed E-state index contributed by atoms with van der Waals surface area (Å²) in [4.78, 5) is 8.15. The minimum atomic E-state index is -0.163. The van der Waals surface area contributed by atoms with Crippen molar-refractivity contribution in [2.75, 3.05) is 0 Å². The molecule has 0 saturated carbocycles. The lowest BCUT2D eigenvalue weighted by molar-refractivity contribution is 0.455. The zero-order valence-electron chi connectivity index (χ0n) is 6.56. The molecule has 2 rings (SSSR count). The molecule has 0 fully saturated rings. The van der Waals surface area contributed by atoms with Crippen LogP contribution in [0.4, 0.5) is 0 Å². The average molecular weight is 164 g/mol. The van der Waals surface area contributed by atoms with Gasteiger partial charge in [-0.1, -0.05) is 5.16 Å². The molecule has 5 heteroatoms. The first kappa shape index (κ1) is 7.17. The van der Waals surface area contributed by atoms with Crippen LogP contribution >= 0.6 is 0 Å². The van der Waals surface area contributed by atoms with E-state index in [0.717, 1.165) is 0 Å². The second-order valence-corrected chi connectivity index (χ2v) is 2.59. The van der Waals surface area contributed by atoms with E-state index in [2.05, 4.69) is 15.1 Å². The van der Waals surface area contributed by atoms with Crippen molar-refractivity contribution >= 4 is 11.1 Å². The van der Waals surface area contributed by atoms with E-state index in [-0.39, 0.29) is 6.04 Å². The van der Waals surface area contributed by atoms with Crippen LogP contribution in [0.5, 0.6) is 0 Å². The van der Waals surface area contributed by atoms with Crippen LogP contribution in [0.15, 0.2) is 16.9 Å². The van der Waals surface area contributed by atoms with E-state index in [0.29, 0.717) is 16.9 Å². The molecule has 12 heavy (non-hydrogen) atoms. The molecule has 0 saturated heterocycles. The highest BCUT2D eigenvalue weighted by Crippen LogP contribution is 2.11. The Morgan fingerprint density at radius 2 is 2.33 bits per heavy atom. The van der Waals surface area contributed by atoms with Crippen molar-refractivity contribution in [2.45, 2.75) is 13.0 Å². The molecule has 0 aliphatic carbocycles. The predicted molar refractivity (Wildman–Crippen MR) is 42.2 cm³/mol. The smallest absolute Gasteiger partial charge is 0.203 e. The Labute approximate surface area is 68.6 Å². The summed E-state index contributed by atoms with van der Waals surface area (Å²) in [5.41, 5.74) is 6.87. The molecule has 2 N–H and O–H groups in total. The molecule has 0 bridgehead atoms. The van der Waals surface area contributed by atoms with Gasteiger partial charge in [-0.05, 0) is 6.92 Å². The normalized spacial score (nSPS) is 13.5. The van der Waals surface area contributed by atoms with Crippen molar-refractivity contribution in [3.63, 3.8) is 0 Å². The minimum Gasteiger partial charge on any atom is -0.353 e. The van der Waals surface area contributed by atoms with Crippen LogP contribution in [0.25, 0.3) is 11.1 Å². The highest BCUT2D eigenvalue weighted by Gasteiger charge is 2.05. The fraction of sp³-hybridized carbons (Fsp3) is 0.286. The van der Waals surface area contributed by atoms with E-state index >= 15 is 0 Å². The van der Waals surface area contributed by atoms with Gasteiger partial charge in [0, 0.05) is 0 Å². The number of fused-ring (bicyclic) bond motifs is 1. The monoisotopic (exact) mass is 164 g/mol. The van der Waals surface area contributed by atoms with E-state index < -0.39 is 0 Å². The molecular weight excluding hydrogens is 156 g/mol. The van der Waals surface area contributed by atoms with Crippen molar-refractivity contribution in [2.24, 2.45) is 5.73 Å². The number of nitrogens with zero attached hydrogens (tertiary/aromatic N) is 3. The Morgan fingerprint density at radius 3 is 3.08 bits per heavy atom. The molecule has 5 nitrogen and oxygen atoms in total. The van der Waals surface area contributed by atoms with Gasteiger partial charge in [0.2, 0.25) is 5.58 Å². The Morgan fingerprint density at radius 1 is 1.50 bits per heavy atom. The van der Waals surface area contributed by atoms with Gasteiger partial charge in [0.05, 0.1) is 18.4 Å². The molecule has 0 radical (unpaired) electrons. The summed E-state index contributed by atoms with van der Waals surface area (Å²) in [5, 5.41) is 3.58. The predicted octanol–water partition coefficient (Wildman–Crippen LogP) is 0.638. The van der Waals surface area contributed by atoms with Crippen molar-refractivity contribution < 1.29 is 4.52 Å². The van der Waals surface area contributed by atoms with Crippen molar-refractivity contribution in [3.05, 3.63) is 18.2 Å². The quantitative estimate of drug-likeness (QED) is 0.669. The number of hydrogen-bond donors (Lipinski definition) is 1. The van der Waals surface area contributed by atoms with Gasteiger partial charge in [-0.25, -0.2) is 9.97 Å². The van der Waals surface area contributed by atoms with E-state index in [1.54, 1.807) is 12.4 Å². The summed E-state index contributed by atoms with van der Waals surface area (Å²) in [6, 6.07) is -0.163. The summed E-state index contributed by atoms with van der Waals surface area (Å²) in [5.74, 6) is 0.602. The standard InChI is InChI=1S/C7H8N4O/c1-4(8)7-9-3-6-5(11-7)2-10-12-6/h2-4H,8H2,1H3. The molecule has 1 unspecified atom stereocenters. The Hall–Kier alpha value is -1.49. The Balaban J connectivity index is 2.60. The topological polar surface area (TPSA) is 77.8 Å². The third-order valence-corrected chi connectivity index (χ3v) is 1.53. The van der Waals surface area contributed by atoms with Gasteiger partial charge < -0.3 is 10.3 Å². The molecule has 1 atom stereocenters. The highest BCUT2D eigenvalue weighted by molar-refractivity contribution is 5.69. The summed E-state index contributed by atoms with van der Waals surface area (Å²) >= 11 is 0. The maximum Gasteiger partial charge on any atom is 0.203 e. The SMILES string of the molecule is CC(N)c1ncc2oncc2n1. The van der Waals surface area contributed by atoms with E-state index in [1.807, 2.05) is 6.92 Å². The first-order valence-corrected chi connectivity index (χ1v) is 3.60. The molecule has 62 valence electrons. The summed E-state index contributed by atoms with van der Waals surface area (Å²) in [6.07, 6.45) is 3.12. The number of aromatic nitrogens is 3. The molecule has 0 aliphatic rings. The maximum atomic E-state index is 5.60. The molecule has 0 aliphatic heterocycles. The van der Waals surface area contributed by atoms with Gasteiger partial charge in [0.25, 0.3) is 0 Å². The van der Waals surface area contributed by atoms with Gasteiger partial charge >= 0.3 is 0 Å². The van der Waals surface area contributed by atoms with Crippen LogP contribution < -0.4 is 5.73 Å². The van der Waals surface area contributed by atoms with Crippen LogP contribution in [0.1, 0.15) is 18.8 Å². The molecular formula is C7H8N4O. The van der Waals surface area contributed by atoms with Gasteiger partial charge in [0.1, 0.15) is 11.3 Å². The molecule has 2 aromatic heterocycles. The van der Waals surface area contributed by atoms with Crippen molar-refractivity contribution in [3.8, 4) is 0 Å². The number of rotatable bonds is 1. The lowest BCUT2D eigenvalue weighted by Gasteiger charge is -2.00. The van der Waals surface area contributed by atoms with Gasteiger partial charge in [-0.2, -0.15) is 0 Å². The van der Waals surface area contributed by atoms with Gasteiger partial charge in [0.15, 0.2) is 0 Å². The zero-order chi connectivity index (χ0) is 8.55. The third-order valence-electron chi connectivity index (χ3n) is 1.53. The molecule has 0 spiro atoms. The number of hydrogen-bond acceptors (Lipinski definition) is 5. The van der Waals surface area contributed by atoms with Crippen molar-refractivity contribution in [1.29, 1.82) is 0 Å². The van der Waals surface area contributed by atoms with Crippen LogP contribution in [0.3, 0.4) is 0 Å². The zero-order valence-corrected chi connectivity index (χ0v) is 6.56. The second-order valence-electron chi connectivity index (χ2n) is 2.59. The maximum absolute atomic E-state index is 5.60. The third kappa shape index (κ3) is 1.04. The lowest BCUT2D eigenvalue weighted by atomic mass is 10.3. The summed E-state index contributed by atoms with van der Waals surface area (Å²) in [6.45, 7) is 1.83. The minimum absolute atomic E-state index is 0.163. The summed E-state index contributed by atoms with van der Waals surface area (Å²) in [7, 11) is 0. The lowest BCUT2D eigenvalue weighted by Crippen LogP contribution is -2.09. The Kier molecular flexibility index (Phi) is 1.51. The van der Waals surface area contributed by atoms with Crippen LogP contribution in [0, 0.1) is 0 Å². The van der Waals surface area contributed by atoms with Crippen LogP contribution in [0.2, 0.25) is 0 Å². The molecule has 2 aromatic rings. The molecule has 0 aromatic carbocycles. The van der Waals surface area contributed by atoms with Gasteiger partial charge in [-0.3, -0.25) is 0 Å². The second kappa shape index (κ2) is 2.53. The van der Waals surface area contributed by atoms with E-state index in [4.69, 9.17) is 10.3 Å². The Bertz CT molecular complexity index is 395. The van der Waals surface area contributed by atoms with E-state index in [1.165, 1.54) is 0 Å². The fourth-order valence-corrected chi connectivity index (χ4v) is 0.914. The molecule has 0 amide bonds. The highest BCUT2D eigenvalue weighted by atomic mass is 16.5. The fourth-order valence-electron chi connectivity index (χ4n) is 0.914. The van der Waals surface area contributed by atoms with Crippen LogP contribution in [-0.4, -0.2) is 15.1 Å². The first-order valence-electron chi connectivity index (χ1n) is 3.60. The largest absolute Gasteiger partial charge is 0.353 e. The molecule has 2 heterocycles. The average Bonchev–Trinajstić information content (AvgIpc) is 2.49. The van der Waals surface area contributed by atoms with Crippen molar-refractivity contribution in [1.82, 2.24) is 15.1 Å². The van der Waals surface area contributed by atoms with Crippen LogP contribution in [-0.2, 0) is 0 Å². The van der Waals surface area contributed by atoms with Gasteiger partial charge in [-0.15, -0.1) is 0 Å².